The third-order valence-electron chi connectivity index (χ3n) is 6.21. The molecule has 2 aliphatic rings. The van der Waals surface area contributed by atoms with Crippen molar-refractivity contribution in [2.45, 2.75) is 0 Å². The lowest BCUT2D eigenvalue weighted by atomic mass is 9.75. The molecule has 0 heterocycles. The van der Waals surface area contributed by atoms with E-state index in [4.69, 9.17) is 0 Å². The molecule has 0 fully saturated rings. The second-order valence-electron chi connectivity index (χ2n) is 8.04. The Morgan fingerprint density at radius 1 is 0.438 bits per heavy atom. The summed E-state index contributed by atoms with van der Waals surface area (Å²) in [5, 5.41) is 0. The Morgan fingerprint density at radius 3 is 1.75 bits per heavy atom. The van der Waals surface area contributed by atoms with E-state index in [1.807, 2.05) is 97.1 Å². The van der Waals surface area contributed by atoms with Crippen molar-refractivity contribution in [1.82, 2.24) is 0 Å². The maximum atomic E-state index is 13.6. The Kier molecular flexibility index (Phi) is 4.12. The number of benzene rings is 4. The molecule has 2 nitrogen and oxygen atoms in total. The highest BCUT2D eigenvalue weighted by Crippen LogP contribution is 2.43. The van der Waals surface area contributed by atoms with Gasteiger partial charge in [0.1, 0.15) is 0 Å². The minimum atomic E-state index is -0.0999. The van der Waals surface area contributed by atoms with Crippen molar-refractivity contribution in [2.24, 2.45) is 0 Å². The molecule has 0 aromatic heterocycles. The van der Waals surface area contributed by atoms with Crippen LogP contribution in [0.15, 0.2) is 108 Å². The molecule has 4 aromatic carbocycles. The average Bonchev–Trinajstić information content (AvgIpc) is 2.85. The second kappa shape index (κ2) is 7.14. The van der Waals surface area contributed by atoms with Gasteiger partial charge in [-0.1, -0.05) is 91.0 Å². The summed E-state index contributed by atoms with van der Waals surface area (Å²) in [6, 6.07) is 31.6. The number of ketones is 2. The third-order valence-corrected chi connectivity index (χ3v) is 6.21. The van der Waals surface area contributed by atoms with E-state index in [1.54, 1.807) is 0 Å². The van der Waals surface area contributed by atoms with Gasteiger partial charge in [0.05, 0.1) is 0 Å². The summed E-state index contributed by atoms with van der Waals surface area (Å²) in [6.07, 6.45) is 3.76. The van der Waals surface area contributed by atoms with Crippen LogP contribution in [0.25, 0.3) is 34.4 Å². The Bertz CT molecular complexity index is 1470. The molecule has 0 radical (unpaired) electrons. The molecule has 0 amide bonds. The quantitative estimate of drug-likeness (QED) is 0.361. The van der Waals surface area contributed by atoms with Crippen molar-refractivity contribution in [3.05, 3.63) is 130 Å². The minimum Gasteiger partial charge on any atom is -0.289 e. The number of hydrogen-bond donors (Lipinski definition) is 0. The van der Waals surface area contributed by atoms with Crippen LogP contribution in [0, 0.1) is 0 Å². The van der Waals surface area contributed by atoms with E-state index in [-0.39, 0.29) is 11.6 Å². The first kappa shape index (κ1) is 18.5. The zero-order valence-corrected chi connectivity index (χ0v) is 17.2. The summed E-state index contributed by atoms with van der Waals surface area (Å²) in [6.45, 7) is 0. The molecule has 0 N–H and O–H groups in total. The number of allylic oxidation sites excluding steroid dienone is 2. The van der Waals surface area contributed by atoms with Gasteiger partial charge in [0.2, 0.25) is 0 Å². The van der Waals surface area contributed by atoms with E-state index in [0.29, 0.717) is 22.3 Å². The Balaban J connectivity index is 1.67. The maximum Gasteiger partial charge on any atom is 0.194 e. The van der Waals surface area contributed by atoms with Gasteiger partial charge >= 0.3 is 0 Å². The predicted octanol–water partition coefficient (Wildman–Crippen LogP) is 6.88. The summed E-state index contributed by atoms with van der Waals surface area (Å²) in [4.78, 5) is 26.9. The van der Waals surface area contributed by atoms with E-state index in [2.05, 4.69) is 12.1 Å². The van der Waals surface area contributed by atoms with Gasteiger partial charge in [-0.3, -0.25) is 9.59 Å². The van der Waals surface area contributed by atoms with Crippen molar-refractivity contribution in [3.8, 4) is 22.3 Å². The molecule has 32 heavy (non-hydrogen) atoms. The Hall–Kier alpha value is -4.30. The van der Waals surface area contributed by atoms with Crippen molar-refractivity contribution in [1.29, 1.82) is 0 Å². The predicted molar refractivity (Wildman–Crippen MR) is 128 cm³/mol. The van der Waals surface area contributed by atoms with E-state index in [9.17, 15) is 9.59 Å². The van der Waals surface area contributed by atoms with E-state index in [0.717, 1.165) is 33.4 Å². The lowest BCUT2D eigenvalue weighted by Gasteiger charge is -2.25. The monoisotopic (exact) mass is 410 g/mol. The van der Waals surface area contributed by atoms with Crippen LogP contribution in [-0.2, 0) is 0 Å². The normalized spacial score (nSPS) is 14.1. The zero-order chi connectivity index (χ0) is 21.7. The van der Waals surface area contributed by atoms with Gasteiger partial charge in [-0.2, -0.15) is 0 Å². The molecule has 0 spiro atoms. The molecule has 0 saturated carbocycles. The van der Waals surface area contributed by atoms with Gasteiger partial charge in [-0.05, 0) is 51.6 Å². The molecule has 0 atom stereocenters. The molecule has 0 unspecified atom stereocenters. The first-order valence-electron chi connectivity index (χ1n) is 10.6. The fourth-order valence-electron chi connectivity index (χ4n) is 4.69. The fourth-order valence-corrected chi connectivity index (χ4v) is 4.69. The van der Waals surface area contributed by atoms with Crippen LogP contribution in [0.1, 0.15) is 31.8 Å². The Labute approximate surface area is 186 Å². The topological polar surface area (TPSA) is 34.1 Å². The zero-order valence-electron chi connectivity index (χ0n) is 17.2. The second-order valence-corrected chi connectivity index (χ2v) is 8.04. The molecule has 0 saturated heterocycles. The first-order chi connectivity index (χ1) is 15.7. The van der Waals surface area contributed by atoms with Gasteiger partial charge in [0.25, 0.3) is 0 Å². The summed E-state index contributed by atoms with van der Waals surface area (Å²) in [7, 11) is 0. The summed E-state index contributed by atoms with van der Waals surface area (Å²) in [5.41, 5.74) is 7.93. The number of rotatable bonds is 2. The number of fused-ring (bicyclic) bond motifs is 3. The molecule has 2 heteroatoms. The summed E-state index contributed by atoms with van der Waals surface area (Å²) >= 11 is 0. The van der Waals surface area contributed by atoms with Crippen LogP contribution in [-0.4, -0.2) is 11.6 Å². The summed E-state index contributed by atoms with van der Waals surface area (Å²) in [5.74, 6) is -0.196. The summed E-state index contributed by atoms with van der Waals surface area (Å²) < 4.78 is 0. The smallest absolute Gasteiger partial charge is 0.194 e. The van der Waals surface area contributed by atoms with Crippen LogP contribution in [0.5, 0.6) is 0 Å². The fraction of sp³-hybridized carbons (Fsp3) is 0. The Morgan fingerprint density at radius 2 is 1.00 bits per heavy atom. The van der Waals surface area contributed by atoms with Gasteiger partial charge in [-0.15, -0.1) is 0 Å². The largest absolute Gasteiger partial charge is 0.289 e. The third kappa shape index (κ3) is 2.74. The molecular formula is C30H18O2. The van der Waals surface area contributed by atoms with Crippen molar-refractivity contribution in [2.75, 3.05) is 0 Å². The molecule has 150 valence electrons. The van der Waals surface area contributed by atoms with E-state index >= 15 is 0 Å². The van der Waals surface area contributed by atoms with Crippen LogP contribution in [0.3, 0.4) is 0 Å². The highest BCUT2D eigenvalue weighted by atomic mass is 16.1. The van der Waals surface area contributed by atoms with Crippen LogP contribution in [0.4, 0.5) is 0 Å². The van der Waals surface area contributed by atoms with Crippen molar-refractivity contribution < 1.29 is 9.59 Å². The molecule has 4 aromatic rings. The number of hydrogen-bond acceptors (Lipinski definition) is 2. The molecule has 0 bridgehead atoms. The van der Waals surface area contributed by atoms with Crippen molar-refractivity contribution >= 4 is 23.7 Å². The standard InChI is InChI=1S/C30H18O2/c31-29-23-14-8-7-13-21(23)17-26-27(29)18-25-24(30(26)32)16-15-22(19-9-3-1-4-10-19)28(25)20-11-5-2-6-12-20/h1-18H. The van der Waals surface area contributed by atoms with Crippen LogP contribution < -0.4 is 0 Å². The molecule has 0 aliphatic heterocycles. The van der Waals surface area contributed by atoms with E-state index in [1.165, 1.54) is 0 Å². The number of carbonyl (C=O) groups is 2. The highest BCUT2D eigenvalue weighted by molar-refractivity contribution is 6.32. The van der Waals surface area contributed by atoms with Gasteiger partial charge in [0, 0.05) is 22.3 Å². The molecule has 2 aliphatic carbocycles. The van der Waals surface area contributed by atoms with E-state index < -0.39 is 0 Å². The maximum absolute atomic E-state index is 13.6. The number of carbonyl (C=O) groups excluding carboxylic acids is 2. The molecule has 6 rings (SSSR count). The van der Waals surface area contributed by atoms with Crippen LogP contribution in [0.2, 0.25) is 0 Å². The SMILES string of the molecule is O=C1C2=Cc3c(ccc(-c4ccccc4)c3-c3ccccc3)C(=O)C2=Cc2ccccc21. The van der Waals surface area contributed by atoms with Gasteiger partial charge in [0.15, 0.2) is 11.6 Å². The lowest BCUT2D eigenvalue weighted by Crippen LogP contribution is -2.22. The number of Topliss-reactive ketones (excluding diaryl/α,β-unsaturated/α-hetero) is 2. The van der Waals surface area contributed by atoms with Crippen LogP contribution >= 0.6 is 0 Å². The van der Waals surface area contributed by atoms with Gasteiger partial charge in [-0.25, -0.2) is 0 Å². The highest BCUT2D eigenvalue weighted by Gasteiger charge is 2.34. The lowest BCUT2D eigenvalue weighted by molar-refractivity contribution is 0.0995. The molecular weight excluding hydrogens is 392 g/mol. The van der Waals surface area contributed by atoms with Gasteiger partial charge < -0.3 is 0 Å². The minimum absolute atomic E-state index is 0.0961. The van der Waals surface area contributed by atoms with Crippen molar-refractivity contribution in [3.63, 3.8) is 0 Å². The first-order valence-corrected chi connectivity index (χ1v) is 10.6. The average molecular weight is 410 g/mol.